The van der Waals surface area contributed by atoms with Crippen LogP contribution in [0.2, 0.25) is 0 Å². The van der Waals surface area contributed by atoms with Gasteiger partial charge in [-0.1, -0.05) is 31.0 Å². The number of aliphatic imine (C=N–C) groups is 1. The van der Waals surface area contributed by atoms with E-state index in [-0.39, 0.29) is 23.8 Å². The van der Waals surface area contributed by atoms with Crippen molar-refractivity contribution in [2.75, 3.05) is 12.8 Å². The maximum atomic E-state index is 11.8. The molecule has 2 amide bonds. The van der Waals surface area contributed by atoms with Gasteiger partial charge in [0, 0.05) is 18.3 Å². The van der Waals surface area contributed by atoms with E-state index in [4.69, 9.17) is 0 Å². The van der Waals surface area contributed by atoms with Gasteiger partial charge in [0.1, 0.15) is 6.04 Å². The van der Waals surface area contributed by atoms with Crippen LogP contribution >= 0.6 is 11.8 Å². The number of rotatable bonds is 1. The third kappa shape index (κ3) is 2.38. The zero-order valence-electron chi connectivity index (χ0n) is 11.1. The topological polar surface area (TPSA) is 61.8 Å². The van der Waals surface area contributed by atoms with Gasteiger partial charge in [-0.2, -0.15) is 0 Å². The molecule has 0 aromatic carbocycles. The molecule has 2 aliphatic heterocycles. The van der Waals surface area contributed by atoms with Gasteiger partial charge in [0.2, 0.25) is 5.91 Å². The Labute approximate surface area is 117 Å². The van der Waals surface area contributed by atoms with Crippen molar-refractivity contribution < 1.29 is 9.59 Å². The minimum atomic E-state index is -0.508. The fraction of sp³-hybridized carbons (Fsp3) is 0.769. The highest BCUT2D eigenvalue weighted by molar-refractivity contribution is 8.14. The Morgan fingerprint density at radius 3 is 2.68 bits per heavy atom. The molecule has 2 heterocycles. The molecule has 1 spiro atoms. The Morgan fingerprint density at radius 1 is 1.32 bits per heavy atom. The average Bonchev–Trinajstić information content (AvgIpc) is 2.89. The third-order valence-electron chi connectivity index (χ3n) is 4.30. The van der Waals surface area contributed by atoms with Crippen molar-refractivity contribution in [1.29, 1.82) is 0 Å². The molecule has 1 saturated carbocycles. The van der Waals surface area contributed by atoms with Crippen molar-refractivity contribution in [3.8, 4) is 0 Å². The van der Waals surface area contributed by atoms with Crippen LogP contribution in [0.5, 0.6) is 0 Å². The standard InChI is InChI=1S/C13H19N3O2S/c1-16-10(17)7-9(11(16)18)14-12-15-13(8-19-12)5-3-2-4-6-13/h9H,2-8H2,1H3,(H,14,15). The lowest BCUT2D eigenvalue weighted by atomic mass is 9.83. The van der Waals surface area contributed by atoms with Gasteiger partial charge in [0.05, 0.1) is 6.42 Å². The van der Waals surface area contributed by atoms with Crippen molar-refractivity contribution in [3.05, 3.63) is 0 Å². The van der Waals surface area contributed by atoms with Crippen LogP contribution in [0.4, 0.5) is 0 Å². The molecule has 6 heteroatoms. The Kier molecular flexibility index (Phi) is 3.28. The van der Waals surface area contributed by atoms with Gasteiger partial charge in [-0.25, -0.2) is 4.99 Å². The van der Waals surface area contributed by atoms with Crippen LogP contribution in [0.25, 0.3) is 0 Å². The first-order chi connectivity index (χ1) is 9.10. The summed E-state index contributed by atoms with van der Waals surface area (Å²) in [6.07, 6.45) is 6.46. The van der Waals surface area contributed by atoms with Gasteiger partial charge in [-0.15, -0.1) is 0 Å². The second-order valence-corrected chi connectivity index (χ2v) is 6.66. The Bertz CT molecular complexity index is 443. The molecule has 19 heavy (non-hydrogen) atoms. The predicted octanol–water partition coefficient (Wildman–Crippen LogP) is 1.14. The summed E-state index contributed by atoms with van der Waals surface area (Å²) >= 11 is 1.70. The number of hydrogen-bond acceptors (Lipinski definition) is 4. The van der Waals surface area contributed by atoms with Crippen LogP contribution in [-0.4, -0.2) is 46.3 Å². The van der Waals surface area contributed by atoms with Crippen molar-refractivity contribution in [1.82, 2.24) is 10.2 Å². The first-order valence-electron chi connectivity index (χ1n) is 6.89. The molecule has 1 N–H and O–H groups in total. The summed E-state index contributed by atoms with van der Waals surface area (Å²) in [6.45, 7) is 0. The molecule has 1 atom stereocenters. The molecule has 2 saturated heterocycles. The number of thioether (sulfide) groups is 1. The summed E-state index contributed by atoms with van der Waals surface area (Å²) in [5.41, 5.74) is 0.194. The SMILES string of the molecule is CN1C(=O)CC(N=C2NC3(CCCCC3)CS2)C1=O. The quantitative estimate of drug-likeness (QED) is 0.732. The molecule has 3 fully saturated rings. The summed E-state index contributed by atoms with van der Waals surface area (Å²) in [5, 5.41) is 4.36. The van der Waals surface area contributed by atoms with E-state index in [2.05, 4.69) is 10.3 Å². The zero-order valence-corrected chi connectivity index (χ0v) is 12.0. The van der Waals surface area contributed by atoms with Gasteiger partial charge in [0.25, 0.3) is 5.91 Å². The summed E-state index contributed by atoms with van der Waals surface area (Å²) in [5.74, 6) is 0.732. The lowest BCUT2D eigenvalue weighted by Gasteiger charge is -2.32. The second kappa shape index (κ2) is 4.81. The highest BCUT2D eigenvalue weighted by atomic mass is 32.2. The van der Waals surface area contributed by atoms with Crippen LogP contribution in [0.15, 0.2) is 4.99 Å². The van der Waals surface area contributed by atoms with Gasteiger partial charge >= 0.3 is 0 Å². The predicted molar refractivity (Wildman–Crippen MR) is 75.0 cm³/mol. The van der Waals surface area contributed by atoms with Crippen molar-refractivity contribution in [2.45, 2.75) is 50.1 Å². The molecule has 1 unspecified atom stereocenters. The van der Waals surface area contributed by atoms with Crippen LogP contribution in [0.3, 0.4) is 0 Å². The normalized spacial score (nSPS) is 32.4. The zero-order chi connectivity index (χ0) is 13.5. The summed E-state index contributed by atoms with van der Waals surface area (Å²) in [6, 6.07) is -0.508. The number of amides is 2. The third-order valence-corrected chi connectivity index (χ3v) is 5.48. The molecule has 1 aliphatic carbocycles. The van der Waals surface area contributed by atoms with Crippen LogP contribution < -0.4 is 5.32 Å². The van der Waals surface area contributed by atoms with Crippen LogP contribution in [0, 0.1) is 0 Å². The number of nitrogens with zero attached hydrogens (tertiary/aromatic N) is 2. The van der Waals surface area contributed by atoms with E-state index in [9.17, 15) is 9.59 Å². The van der Waals surface area contributed by atoms with E-state index in [0.717, 1.165) is 10.9 Å². The second-order valence-electron chi connectivity index (χ2n) is 5.70. The van der Waals surface area contributed by atoms with Gasteiger partial charge in [-0.05, 0) is 12.8 Å². The van der Waals surface area contributed by atoms with Gasteiger partial charge in [-0.3, -0.25) is 14.5 Å². The molecule has 0 radical (unpaired) electrons. The van der Waals surface area contributed by atoms with E-state index in [1.165, 1.54) is 44.1 Å². The highest BCUT2D eigenvalue weighted by Gasteiger charge is 2.40. The monoisotopic (exact) mass is 281 g/mol. The van der Waals surface area contributed by atoms with Crippen molar-refractivity contribution in [3.63, 3.8) is 0 Å². The lowest BCUT2D eigenvalue weighted by Crippen LogP contribution is -2.45. The van der Waals surface area contributed by atoms with Gasteiger partial charge < -0.3 is 5.32 Å². The largest absolute Gasteiger partial charge is 0.359 e. The molecular formula is C13H19N3O2S. The fourth-order valence-corrected chi connectivity index (χ4v) is 4.32. The maximum Gasteiger partial charge on any atom is 0.254 e. The number of likely N-dealkylation sites (tertiary alicyclic amines) is 1. The summed E-state index contributed by atoms with van der Waals surface area (Å²) < 4.78 is 0. The minimum Gasteiger partial charge on any atom is -0.359 e. The van der Waals surface area contributed by atoms with Crippen LogP contribution in [-0.2, 0) is 9.59 Å². The molecule has 3 aliphatic rings. The number of hydrogen-bond donors (Lipinski definition) is 1. The van der Waals surface area contributed by atoms with Crippen molar-refractivity contribution in [2.24, 2.45) is 4.99 Å². The summed E-state index contributed by atoms with van der Waals surface area (Å²) in [7, 11) is 1.53. The number of carbonyl (C=O) groups excluding carboxylic acids is 2. The Hall–Kier alpha value is -1.04. The molecule has 0 bridgehead atoms. The number of carbonyl (C=O) groups is 2. The van der Waals surface area contributed by atoms with E-state index < -0.39 is 6.04 Å². The minimum absolute atomic E-state index is 0.130. The van der Waals surface area contributed by atoms with E-state index in [1.54, 1.807) is 11.8 Å². The average molecular weight is 281 g/mol. The van der Waals surface area contributed by atoms with Crippen LogP contribution in [0.1, 0.15) is 38.5 Å². The highest BCUT2D eigenvalue weighted by Crippen LogP contribution is 2.36. The maximum absolute atomic E-state index is 11.8. The number of imide groups is 1. The fourth-order valence-electron chi connectivity index (χ4n) is 3.05. The van der Waals surface area contributed by atoms with Gasteiger partial charge in [0.15, 0.2) is 5.17 Å². The number of amidine groups is 1. The van der Waals surface area contributed by atoms with E-state index in [0.29, 0.717) is 0 Å². The first-order valence-corrected chi connectivity index (χ1v) is 7.87. The number of likely N-dealkylation sites (N-methyl/N-ethyl adjacent to an activating group) is 1. The Morgan fingerprint density at radius 2 is 2.05 bits per heavy atom. The number of nitrogens with one attached hydrogen (secondary N) is 1. The molecule has 3 rings (SSSR count). The van der Waals surface area contributed by atoms with E-state index in [1.807, 2.05) is 0 Å². The molecule has 0 aromatic rings. The molecule has 5 nitrogen and oxygen atoms in total. The summed E-state index contributed by atoms with van der Waals surface area (Å²) in [4.78, 5) is 29.0. The van der Waals surface area contributed by atoms with E-state index >= 15 is 0 Å². The smallest absolute Gasteiger partial charge is 0.254 e. The Balaban J connectivity index is 1.69. The first kappa shape index (κ1) is 13.0. The molecule has 0 aromatic heterocycles. The molecular weight excluding hydrogens is 262 g/mol. The molecule has 104 valence electrons. The lowest BCUT2D eigenvalue weighted by molar-refractivity contribution is -0.136. The van der Waals surface area contributed by atoms with Crippen molar-refractivity contribution >= 4 is 28.7 Å².